The average molecular weight is 325 g/mol. The number of anilines is 1. The van der Waals surface area contributed by atoms with E-state index in [-0.39, 0.29) is 22.4 Å². The predicted molar refractivity (Wildman–Crippen MR) is 83.9 cm³/mol. The highest BCUT2D eigenvalue weighted by Gasteiger charge is 2.33. The fourth-order valence-corrected chi connectivity index (χ4v) is 2.37. The molecular formula is C16H11N3O5. The summed E-state index contributed by atoms with van der Waals surface area (Å²) in [7, 11) is 1.38. The van der Waals surface area contributed by atoms with E-state index in [2.05, 4.69) is 5.32 Å². The van der Waals surface area contributed by atoms with Crippen LogP contribution in [0.15, 0.2) is 42.5 Å². The second kappa shape index (κ2) is 5.58. The molecule has 8 heteroatoms. The van der Waals surface area contributed by atoms with Gasteiger partial charge in [-0.15, -0.1) is 0 Å². The molecule has 120 valence electrons. The van der Waals surface area contributed by atoms with Crippen molar-refractivity contribution < 1.29 is 19.3 Å². The predicted octanol–water partition coefficient (Wildman–Crippen LogP) is 2.07. The van der Waals surface area contributed by atoms with Crippen LogP contribution in [-0.4, -0.2) is 34.6 Å². The van der Waals surface area contributed by atoms with Gasteiger partial charge in [-0.2, -0.15) is 0 Å². The Bertz CT molecular complexity index is 889. The van der Waals surface area contributed by atoms with Crippen LogP contribution in [0.3, 0.4) is 0 Å². The molecule has 8 nitrogen and oxygen atoms in total. The minimum absolute atomic E-state index is 0.0855. The first-order valence-electron chi connectivity index (χ1n) is 6.90. The largest absolute Gasteiger partial charge is 0.322 e. The van der Waals surface area contributed by atoms with Crippen molar-refractivity contribution in [2.75, 3.05) is 12.4 Å². The van der Waals surface area contributed by atoms with E-state index in [1.807, 2.05) is 0 Å². The van der Waals surface area contributed by atoms with Gasteiger partial charge in [0.15, 0.2) is 0 Å². The smallest absolute Gasteiger partial charge is 0.269 e. The number of benzene rings is 2. The summed E-state index contributed by atoms with van der Waals surface area (Å²) in [6, 6.07) is 9.61. The maximum Gasteiger partial charge on any atom is 0.269 e. The topological polar surface area (TPSA) is 110 Å². The van der Waals surface area contributed by atoms with E-state index < -0.39 is 22.6 Å². The van der Waals surface area contributed by atoms with Gasteiger partial charge in [-0.05, 0) is 30.3 Å². The van der Waals surface area contributed by atoms with E-state index in [9.17, 15) is 24.5 Å². The second-order valence-corrected chi connectivity index (χ2v) is 5.19. The summed E-state index contributed by atoms with van der Waals surface area (Å²) in [5.74, 6) is -1.35. The van der Waals surface area contributed by atoms with Crippen molar-refractivity contribution in [1.82, 2.24) is 4.90 Å². The maximum absolute atomic E-state index is 12.2. The molecule has 0 unspecified atom stereocenters. The Balaban J connectivity index is 1.83. The Morgan fingerprint density at radius 3 is 2.29 bits per heavy atom. The zero-order chi connectivity index (χ0) is 17.4. The van der Waals surface area contributed by atoms with Crippen molar-refractivity contribution >= 4 is 29.1 Å². The molecule has 0 spiro atoms. The molecule has 0 atom stereocenters. The summed E-state index contributed by atoms with van der Waals surface area (Å²) < 4.78 is 0. The number of rotatable bonds is 3. The number of nitrogens with one attached hydrogen (secondary N) is 1. The van der Waals surface area contributed by atoms with Crippen LogP contribution in [0, 0.1) is 10.1 Å². The Labute approximate surface area is 135 Å². The molecule has 0 bridgehead atoms. The van der Waals surface area contributed by atoms with Gasteiger partial charge in [0.25, 0.3) is 23.4 Å². The number of fused-ring (bicyclic) bond motifs is 1. The highest BCUT2D eigenvalue weighted by Crippen LogP contribution is 2.23. The molecular weight excluding hydrogens is 314 g/mol. The number of nitro groups is 1. The Hall–Kier alpha value is -3.55. The number of hydrogen-bond acceptors (Lipinski definition) is 5. The number of imide groups is 1. The van der Waals surface area contributed by atoms with E-state index in [0.717, 1.165) is 4.90 Å². The third-order valence-corrected chi connectivity index (χ3v) is 3.69. The minimum Gasteiger partial charge on any atom is -0.322 e. The first-order valence-corrected chi connectivity index (χ1v) is 6.90. The first-order chi connectivity index (χ1) is 11.4. The molecule has 3 rings (SSSR count). The monoisotopic (exact) mass is 325 g/mol. The Kier molecular flexibility index (Phi) is 3.57. The van der Waals surface area contributed by atoms with Crippen LogP contribution in [-0.2, 0) is 0 Å². The Morgan fingerprint density at radius 1 is 1.04 bits per heavy atom. The van der Waals surface area contributed by atoms with Crippen LogP contribution < -0.4 is 5.32 Å². The molecule has 0 aromatic heterocycles. The molecule has 24 heavy (non-hydrogen) atoms. The quantitative estimate of drug-likeness (QED) is 0.528. The lowest BCUT2D eigenvalue weighted by Crippen LogP contribution is -2.24. The second-order valence-electron chi connectivity index (χ2n) is 5.19. The van der Waals surface area contributed by atoms with Gasteiger partial charge in [0.2, 0.25) is 0 Å². The van der Waals surface area contributed by atoms with Gasteiger partial charge in [0, 0.05) is 30.4 Å². The van der Waals surface area contributed by atoms with Crippen molar-refractivity contribution in [3.63, 3.8) is 0 Å². The number of amides is 3. The number of carbonyl (C=O) groups is 3. The molecule has 1 aliphatic rings. The zero-order valence-electron chi connectivity index (χ0n) is 12.5. The van der Waals surface area contributed by atoms with Crippen LogP contribution in [0.5, 0.6) is 0 Å². The number of nitrogens with zero attached hydrogens (tertiary/aromatic N) is 2. The molecule has 3 amide bonds. The zero-order valence-corrected chi connectivity index (χ0v) is 12.5. The SMILES string of the molecule is CN1C(=O)c2ccc(C(=O)Nc3ccc([N+](=O)[O-])cc3)cc2C1=O. The van der Waals surface area contributed by atoms with Gasteiger partial charge in [-0.3, -0.25) is 29.4 Å². The third-order valence-electron chi connectivity index (χ3n) is 3.69. The van der Waals surface area contributed by atoms with E-state index in [1.54, 1.807) is 0 Å². The third kappa shape index (κ3) is 2.50. The van der Waals surface area contributed by atoms with Gasteiger partial charge in [-0.25, -0.2) is 0 Å². The average Bonchev–Trinajstić information content (AvgIpc) is 2.79. The summed E-state index contributed by atoms with van der Waals surface area (Å²) in [6.07, 6.45) is 0. The summed E-state index contributed by atoms with van der Waals surface area (Å²) in [4.78, 5) is 47.1. The van der Waals surface area contributed by atoms with Crippen LogP contribution >= 0.6 is 0 Å². The van der Waals surface area contributed by atoms with Gasteiger partial charge in [-0.1, -0.05) is 0 Å². The first kappa shape index (κ1) is 15.3. The lowest BCUT2D eigenvalue weighted by molar-refractivity contribution is -0.384. The summed E-state index contributed by atoms with van der Waals surface area (Å²) in [5, 5.41) is 13.2. The highest BCUT2D eigenvalue weighted by molar-refractivity contribution is 6.22. The molecule has 2 aromatic carbocycles. The molecule has 2 aromatic rings. The lowest BCUT2D eigenvalue weighted by Gasteiger charge is -2.06. The lowest BCUT2D eigenvalue weighted by atomic mass is 10.1. The van der Waals surface area contributed by atoms with Crippen molar-refractivity contribution in [2.24, 2.45) is 0 Å². The van der Waals surface area contributed by atoms with Gasteiger partial charge >= 0.3 is 0 Å². The molecule has 0 radical (unpaired) electrons. The summed E-state index contributed by atoms with van der Waals surface area (Å²) in [5.41, 5.74) is 0.945. The molecule has 1 N–H and O–H groups in total. The van der Waals surface area contributed by atoms with E-state index in [0.29, 0.717) is 5.69 Å². The van der Waals surface area contributed by atoms with Crippen molar-refractivity contribution in [3.8, 4) is 0 Å². The molecule has 0 saturated carbocycles. The fourth-order valence-electron chi connectivity index (χ4n) is 2.37. The standard InChI is InChI=1S/C16H11N3O5/c1-18-15(21)12-7-2-9(8-13(12)16(18)22)14(20)17-10-3-5-11(6-4-10)19(23)24/h2-8H,1H3,(H,17,20). The van der Waals surface area contributed by atoms with Crippen molar-refractivity contribution in [3.05, 3.63) is 69.3 Å². The van der Waals surface area contributed by atoms with E-state index in [1.165, 1.54) is 49.5 Å². The van der Waals surface area contributed by atoms with Crippen LogP contribution in [0.4, 0.5) is 11.4 Å². The Morgan fingerprint density at radius 2 is 1.67 bits per heavy atom. The molecule has 0 aliphatic carbocycles. The number of non-ortho nitro benzene ring substituents is 1. The van der Waals surface area contributed by atoms with Gasteiger partial charge in [0.1, 0.15) is 0 Å². The number of carbonyl (C=O) groups excluding carboxylic acids is 3. The van der Waals surface area contributed by atoms with Crippen molar-refractivity contribution in [2.45, 2.75) is 0 Å². The normalized spacial score (nSPS) is 13.0. The van der Waals surface area contributed by atoms with Crippen LogP contribution in [0.25, 0.3) is 0 Å². The van der Waals surface area contributed by atoms with E-state index >= 15 is 0 Å². The number of nitro benzene ring substituents is 1. The molecule has 1 heterocycles. The maximum atomic E-state index is 12.2. The van der Waals surface area contributed by atoms with Gasteiger partial charge < -0.3 is 5.32 Å². The fraction of sp³-hybridized carbons (Fsp3) is 0.0625. The molecule has 1 aliphatic heterocycles. The summed E-state index contributed by atoms with van der Waals surface area (Å²) >= 11 is 0. The number of hydrogen-bond donors (Lipinski definition) is 1. The van der Waals surface area contributed by atoms with Crippen molar-refractivity contribution in [1.29, 1.82) is 0 Å². The van der Waals surface area contributed by atoms with Gasteiger partial charge in [0.05, 0.1) is 16.1 Å². The van der Waals surface area contributed by atoms with Crippen LogP contribution in [0.1, 0.15) is 31.1 Å². The molecule has 0 saturated heterocycles. The highest BCUT2D eigenvalue weighted by atomic mass is 16.6. The van der Waals surface area contributed by atoms with E-state index in [4.69, 9.17) is 0 Å². The summed E-state index contributed by atoms with van der Waals surface area (Å²) in [6.45, 7) is 0. The van der Waals surface area contributed by atoms with Crippen LogP contribution in [0.2, 0.25) is 0 Å². The molecule has 0 fully saturated rings. The minimum atomic E-state index is -0.536.